The maximum absolute atomic E-state index is 13.1. The normalized spacial score (nSPS) is 14.7. The fourth-order valence-corrected chi connectivity index (χ4v) is 3.57. The minimum atomic E-state index is -0.834. The van der Waals surface area contributed by atoms with E-state index in [4.69, 9.17) is 25.8 Å². The Morgan fingerprint density at radius 1 is 0.886 bits per heavy atom. The number of methoxy groups -OCH3 is 2. The van der Waals surface area contributed by atoms with E-state index in [-0.39, 0.29) is 11.3 Å². The summed E-state index contributed by atoms with van der Waals surface area (Å²) < 4.78 is 16.2. The van der Waals surface area contributed by atoms with Crippen molar-refractivity contribution in [3.8, 4) is 17.2 Å². The monoisotopic (exact) mass is 492 g/mol. The van der Waals surface area contributed by atoms with Crippen molar-refractivity contribution in [2.75, 3.05) is 19.1 Å². The van der Waals surface area contributed by atoms with Gasteiger partial charge in [0.25, 0.3) is 11.8 Å². The SMILES string of the molecule is COc1ccc(/C=C2/C(=O)NC(=O)N(c3ccc(OCc4ccc(Cl)cc4)cc3)C2=O)cc1OC. The summed E-state index contributed by atoms with van der Waals surface area (Å²) in [6.45, 7) is 0.326. The van der Waals surface area contributed by atoms with Gasteiger partial charge in [0, 0.05) is 5.02 Å². The molecule has 1 saturated heterocycles. The zero-order valence-corrected chi connectivity index (χ0v) is 19.7. The summed E-state index contributed by atoms with van der Waals surface area (Å²) in [5, 5.41) is 2.85. The Balaban J connectivity index is 1.54. The number of nitrogens with one attached hydrogen (secondary N) is 1. The molecule has 4 rings (SSSR count). The molecule has 3 aromatic rings. The van der Waals surface area contributed by atoms with E-state index in [0.29, 0.717) is 34.4 Å². The number of carbonyl (C=O) groups is 3. The van der Waals surface area contributed by atoms with Gasteiger partial charge in [0.1, 0.15) is 17.9 Å². The number of urea groups is 1. The first kappa shape index (κ1) is 23.8. The molecule has 4 amide bonds. The number of amides is 4. The number of imide groups is 2. The molecular weight excluding hydrogens is 472 g/mol. The second-order valence-electron chi connectivity index (χ2n) is 7.48. The topological polar surface area (TPSA) is 94.2 Å². The summed E-state index contributed by atoms with van der Waals surface area (Å²) in [5.41, 5.74) is 1.56. The lowest BCUT2D eigenvalue weighted by atomic mass is 10.1. The Labute approximate surface area is 206 Å². The second kappa shape index (κ2) is 10.3. The molecule has 0 spiro atoms. The van der Waals surface area contributed by atoms with E-state index in [1.54, 1.807) is 54.6 Å². The molecule has 3 aromatic carbocycles. The van der Waals surface area contributed by atoms with Crippen molar-refractivity contribution in [3.05, 3.63) is 88.5 Å². The van der Waals surface area contributed by atoms with Gasteiger partial charge >= 0.3 is 6.03 Å². The Morgan fingerprint density at radius 3 is 2.23 bits per heavy atom. The van der Waals surface area contributed by atoms with E-state index < -0.39 is 17.8 Å². The molecule has 0 aliphatic carbocycles. The van der Waals surface area contributed by atoms with Crippen molar-refractivity contribution in [3.63, 3.8) is 0 Å². The molecule has 35 heavy (non-hydrogen) atoms. The molecule has 0 saturated carbocycles. The molecule has 1 heterocycles. The molecule has 0 bridgehead atoms. The van der Waals surface area contributed by atoms with Crippen molar-refractivity contribution < 1.29 is 28.6 Å². The molecule has 1 fully saturated rings. The minimum Gasteiger partial charge on any atom is -0.493 e. The fraction of sp³-hybridized carbons (Fsp3) is 0.115. The van der Waals surface area contributed by atoms with Gasteiger partial charge in [-0.25, -0.2) is 9.69 Å². The van der Waals surface area contributed by atoms with Gasteiger partial charge in [-0.2, -0.15) is 0 Å². The highest BCUT2D eigenvalue weighted by molar-refractivity contribution is 6.39. The number of carbonyl (C=O) groups excluding carboxylic acids is 3. The first-order valence-corrected chi connectivity index (χ1v) is 10.9. The van der Waals surface area contributed by atoms with Crippen LogP contribution < -0.4 is 24.4 Å². The van der Waals surface area contributed by atoms with Crippen LogP contribution in [0.15, 0.2) is 72.3 Å². The van der Waals surface area contributed by atoms with Crippen LogP contribution in [0.2, 0.25) is 5.02 Å². The van der Waals surface area contributed by atoms with Crippen LogP contribution >= 0.6 is 11.6 Å². The van der Waals surface area contributed by atoms with Crippen LogP contribution in [0.25, 0.3) is 6.08 Å². The number of halogens is 1. The Hall–Kier alpha value is -4.30. The van der Waals surface area contributed by atoms with Crippen LogP contribution in [0, 0.1) is 0 Å². The highest BCUT2D eigenvalue weighted by atomic mass is 35.5. The second-order valence-corrected chi connectivity index (χ2v) is 7.92. The predicted octanol–water partition coefficient (Wildman–Crippen LogP) is 4.60. The van der Waals surface area contributed by atoms with E-state index in [9.17, 15) is 14.4 Å². The zero-order chi connectivity index (χ0) is 24.9. The van der Waals surface area contributed by atoms with Crippen LogP contribution in [-0.2, 0) is 16.2 Å². The summed E-state index contributed by atoms with van der Waals surface area (Å²) in [4.78, 5) is 39.0. The number of hydrogen-bond donors (Lipinski definition) is 1. The predicted molar refractivity (Wildman–Crippen MR) is 131 cm³/mol. The van der Waals surface area contributed by atoms with Crippen LogP contribution in [0.3, 0.4) is 0 Å². The van der Waals surface area contributed by atoms with Gasteiger partial charge in [0.15, 0.2) is 11.5 Å². The Morgan fingerprint density at radius 2 is 1.57 bits per heavy atom. The highest BCUT2D eigenvalue weighted by Crippen LogP contribution is 2.30. The number of anilines is 1. The van der Waals surface area contributed by atoms with E-state index in [2.05, 4.69) is 5.32 Å². The molecule has 0 atom stereocenters. The van der Waals surface area contributed by atoms with Gasteiger partial charge in [-0.15, -0.1) is 0 Å². The highest BCUT2D eigenvalue weighted by Gasteiger charge is 2.36. The van der Waals surface area contributed by atoms with E-state index >= 15 is 0 Å². The summed E-state index contributed by atoms with van der Waals surface area (Å²) in [7, 11) is 2.99. The average molecular weight is 493 g/mol. The van der Waals surface area contributed by atoms with E-state index in [1.807, 2.05) is 12.1 Å². The number of hydrogen-bond acceptors (Lipinski definition) is 6. The average Bonchev–Trinajstić information content (AvgIpc) is 2.86. The molecule has 1 aliphatic heterocycles. The van der Waals surface area contributed by atoms with Crippen LogP contribution in [0.1, 0.15) is 11.1 Å². The number of rotatable bonds is 7. The van der Waals surface area contributed by atoms with E-state index in [1.165, 1.54) is 20.3 Å². The molecule has 1 N–H and O–H groups in total. The van der Waals surface area contributed by atoms with Gasteiger partial charge in [-0.1, -0.05) is 29.8 Å². The Kier molecular flexibility index (Phi) is 7.03. The first-order valence-electron chi connectivity index (χ1n) is 10.5. The van der Waals surface area contributed by atoms with Gasteiger partial charge in [0.2, 0.25) is 0 Å². The molecule has 178 valence electrons. The van der Waals surface area contributed by atoms with Crippen molar-refractivity contribution >= 4 is 41.2 Å². The smallest absolute Gasteiger partial charge is 0.335 e. The van der Waals surface area contributed by atoms with Gasteiger partial charge < -0.3 is 14.2 Å². The van der Waals surface area contributed by atoms with Gasteiger partial charge in [-0.05, 0) is 65.7 Å². The van der Waals surface area contributed by atoms with Gasteiger partial charge in [0.05, 0.1) is 19.9 Å². The lowest BCUT2D eigenvalue weighted by Gasteiger charge is -2.26. The number of ether oxygens (including phenoxy) is 3. The molecule has 1 aliphatic rings. The van der Waals surface area contributed by atoms with Gasteiger partial charge in [-0.3, -0.25) is 14.9 Å². The molecular formula is C26H21ClN2O6. The molecule has 0 aromatic heterocycles. The summed E-state index contributed by atoms with van der Waals surface area (Å²) in [6.07, 6.45) is 1.39. The zero-order valence-electron chi connectivity index (χ0n) is 18.9. The largest absolute Gasteiger partial charge is 0.493 e. The third kappa shape index (κ3) is 5.28. The van der Waals surface area contributed by atoms with Crippen molar-refractivity contribution in [2.24, 2.45) is 0 Å². The number of barbiturate groups is 1. The summed E-state index contributed by atoms with van der Waals surface area (Å²) in [6, 6.07) is 17.8. The quantitative estimate of drug-likeness (QED) is 0.382. The first-order chi connectivity index (χ1) is 16.9. The Bertz CT molecular complexity index is 1300. The lowest BCUT2D eigenvalue weighted by molar-refractivity contribution is -0.122. The van der Waals surface area contributed by atoms with Crippen LogP contribution in [0.4, 0.5) is 10.5 Å². The molecule has 0 radical (unpaired) electrons. The minimum absolute atomic E-state index is 0.195. The van der Waals surface area contributed by atoms with Crippen molar-refractivity contribution in [2.45, 2.75) is 6.61 Å². The number of benzene rings is 3. The maximum Gasteiger partial charge on any atom is 0.335 e. The third-order valence-corrected chi connectivity index (χ3v) is 5.49. The third-order valence-electron chi connectivity index (χ3n) is 5.23. The standard InChI is InChI=1S/C26H21ClN2O6/c1-33-22-12-5-17(14-23(22)34-2)13-21-24(30)28-26(32)29(25(21)31)19-8-10-20(11-9-19)35-15-16-3-6-18(27)7-4-16/h3-14H,15H2,1-2H3,(H,28,30,32)/b21-13-. The van der Waals surface area contributed by atoms with Crippen molar-refractivity contribution in [1.29, 1.82) is 0 Å². The van der Waals surface area contributed by atoms with Crippen LogP contribution in [0.5, 0.6) is 17.2 Å². The molecule has 8 nitrogen and oxygen atoms in total. The van der Waals surface area contributed by atoms with Crippen LogP contribution in [-0.4, -0.2) is 32.1 Å². The summed E-state index contributed by atoms with van der Waals surface area (Å²) in [5.74, 6) is -0.0417. The lowest BCUT2D eigenvalue weighted by Crippen LogP contribution is -2.54. The van der Waals surface area contributed by atoms with E-state index in [0.717, 1.165) is 10.5 Å². The maximum atomic E-state index is 13.1. The fourth-order valence-electron chi connectivity index (χ4n) is 3.44. The van der Waals surface area contributed by atoms with Crippen molar-refractivity contribution in [1.82, 2.24) is 5.32 Å². The molecule has 9 heteroatoms. The number of nitrogens with zero attached hydrogens (tertiary/aromatic N) is 1. The molecule has 0 unspecified atom stereocenters. The summed E-state index contributed by atoms with van der Waals surface area (Å²) >= 11 is 5.89.